The minimum Gasteiger partial charge on any atom is -0.393 e. The van der Waals surface area contributed by atoms with Gasteiger partial charge in [-0.25, -0.2) is 23.1 Å². The molecule has 2 fully saturated rings. The Morgan fingerprint density at radius 1 is 1.16 bits per heavy atom. The Kier molecular flexibility index (Phi) is 8.16. The van der Waals surface area contributed by atoms with Gasteiger partial charge in [0.25, 0.3) is 0 Å². The molecular weight excluding hydrogens is 487 g/mol. The first-order valence-electron chi connectivity index (χ1n) is 12.5. The Bertz CT molecular complexity index is 1190. The highest BCUT2D eigenvalue weighted by Gasteiger charge is 2.30. The fourth-order valence-electron chi connectivity index (χ4n) is 5.16. The van der Waals surface area contributed by atoms with Crippen molar-refractivity contribution < 1.29 is 23.1 Å². The van der Waals surface area contributed by atoms with Crippen LogP contribution in [-0.4, -0.2) is 45.4 Å². The third-order valence-electron chi connectivity index (χ3n) is 7.14. The van der Waals surface area contributed by atoms with Crippen molar-refractivity contribution in [3.8, 4) is 0 Å². The molecule has 2 atom stereocenters. The molecule has 1 aromatic heterocycles. The summed E-state index contributed by atoms with van der Waals surface area (Å²) in [6.07, 6.45) is 4.93. The zero-order chi connectivity index (χ0) is 26.7. The first-order chi connectivity index (χ1) is 17.7. The maximum absolute atomic E-state index is 14.5. The predicted octanol–water partition coefficient (Wildman–Crippen LogP) is 4.15. The summed E-state index contributed by atoms with van der Waals surface area (Å²) in [5.41, 5.74) is 5.72. The minimum atomic E-state index is -1.59. The molecule has 37 heavy (non-hydrogen) atoms. The number of nitrogens with one attached hydrogen (secondary N) is 2. The largest absolute Gasteiger partial charge is 0.393 e. The topological polar surface area (TPSA) is 130 Å². The molecule has 1 heterocycles. The summed E-state index contributed by atoms with van der Waals surface area (Å²) in [6.45, 7) is 5.34. The van der Waals surface area contributed by atoms with E-state index < -0.39 is 23.6 Å². The Hall–Kier alpha value is -3.41. The Labute approximate surface area is 213 Å². The summed E-state index contributed by atoms with van der Waals surface area (Å²) in [5, 5.41) is 16.0. The van der Waals surface area contributed by atoms with Crippen molar-refractivity contribution in [3.05, 3.63) is 35.3 Å². The highest BCUT2D eigenvalue weighted by Crippen LogP contribution is 2.39. The van der Waals surface area contributed by atoms with E-state index in [9.17, 15) is 23.1 Å². The maximum Gasteiger partial charge on any atom is 0.224 e. The second-order valence-corrected chi connectivity index (χ2v) is 9.73. The van der Waals surface area contributed by atoms with Crippen molar-refractivity contribution in [2.45, 2.75) is 76.5 Å². The van der Waals surface area contributed by atoms with Crippen molar-refractivity contribution in [1.29, 1.82) is 0 Å². The number of hydrogen-bond acceptors (Lipinski definition) is 5. The number of primary amides is 1. The van der Waals surface area contributed by atoms with E-state index in [0.29, 0.717) is 43.6 Å². The van der Waals surface area contributed by atoms with Gasteiger partial charge in [0.15, 0.2) is 23.3 Å². The second-order valence-electron chi connectivity index (χ2n) is 9.73. The van der Waals surface area contributed by atoms with Crippen LogP contribution in [0.25, 0.3) is 0 Å². The molecule has 2 aromatic rings. The molecule has 1 aromatic carbocycles. The van der Waals surface area contributed by atoms with Gasteiger partial charge in [0, 0.05) is 18.0 Å². The lowest BCUT2D eigenvalue weighted by molar-refractivity contribution is -0.122. The van der Waals surface area contributed by atoms with Gasteiger partial charge in [-0.05, 0) is 77.1 Å². The zero-order valence-electron chi connectivity index (χ0n) is 20.7. The molecule has 2 aliphatic carbocycles. The van der Waals surface area contributed by atoms with Crippen LogP contribution in [0, 0.1) is 30.3 Å². The molecule has 9 nitrogen and oxygen atoms in total. The molecule has 4 rings (SSSR count). The van der Waals surface area contributed by atoms with Crippen LogP contribution < -0.4 is 16.4 Å². The molecule has 2 aliphatic rings. The summed E-state index contributed by atoms with van der Waals surface area (Å²) in [4.78, 5) is 24.9. The molecule has 200 valence electrons. The average molecular weight is 520 g/mol. The molecule has 0 unspecified atom stereocenters. The number of halogens is 3. The van der Waals surface area contributed by atoms with E-state index in [1.165, 1.54) is 0 Å². The van der Waals surface area contributed by atoms with Gasteiger partial charge in [-0.15, -0.1) is 0 Å². The first-order valence-corrected chi connectivity index (χ1v) is 12.5. The molecular formula is C25H32F3N7O2. The molecule has 0 spiro atoms. The van der Waals surface area contributed by atoms with E-state index in [1.807, 2.05) is 0 Å². The van der Waals surface area contributed by atoms with Crippen LogP contribution in [0.1, 0.15) is 63.1 Å². The third-order valence-corrected chi connectivity index (χ3v) is 7.14. The normalized spacial score (nSPS) is 24.5. The van der Waals surface area contributed by atoms with E-state index in [1.54, 1.807) is 11.5 Å². The van der Waals surface area contributed by atoms with Crippen LogP contribution in [0.2, 0.25) is 0 Å². The fourth-order valence-corrected chi connectivity index (χ4v) is 5.16. The van der Waals surface area contributed by atoms with Crippen LogP contribution in [0.3, 0.4) is 0 Å². The number of aryl methyl sites for hydroxylation is 1. The molecule has 1 amide bonds. The van der Waals surface area contributed by atoms with E-state index in [0.717, 1.165) is 31.4 Å². The molecule has 2 saturated carbocycles. The number of aliphatic hydroxyl groups is 1. The number of amides is 1. The third kappa shape index (κ3) is 5.95. The van der Waals surface area contributed by atoms with Crippen molar-refractivity contribution in [2.75, 3.05) is 5.32 Å². The predicted molar refractivity (Wildman–Crippen MR) is 135 cm³/mol. The maximum atomic E-state index is 14.5. The first kappa shape index (κ1) is 26.6. The number of nitrogens with zero attached hydrogens (tertiary/aromatic N) is 4. The SMILES string of the molecule is C=N/C(=N\c1c(C)nc(Nc2ccc(F)c(F)c2F)n1[C@H]1CC[C@@H](C(N)=O)CC1)N[C@@H]1CCC[C@H](O)C1. The number of nitrogens with two attached hydrogens (primary N) is 1. The number of guanidine groups is 1. The van der Waals surface area contributed by atoms with Crippen molar-refractivity contribution >= 4 is 36.0 Å². The van der Waals surface area contributed by atoms with E-state index in [2.05, 4.69) is 32.3 Å². The number of aliphatic hydroxyl groups excluding tert-OH is 1. The molecule has 5 N–H and O–H groups in total. The van der Waals surface area contributed by atoms with Crippen LogP contribution >= 0.6 is 0 Å². The number of aromatic nitrogens is 2. The second kappa shape index (κ2) is 11.3. The number of aliphatic imine (C=N–C) groups is 2. The number of rotatable bonds is 6. The molecule has 0 saturated heterocycles. The summed E-state index contributed by atoms with van der Waals surface area (Å²) in [7, 11) is 0. The van der Waals surface area contributed by atoms with Crippen LogP contribution in [0.4, 0.5) is 30.6 Å². The monoisotopic (exact) mass is 519 g/mol. The summed E-state index contributed by atoms with van der Waals surface area (Å²) in [5.74, 6) is -3.95. The standard InChI is InChI=1S/C25H32F3N7O2/c1-13-23(34-24(30-2)32-15-4-3-5-17(36)12-15)35(16-8-6-14(7-9-16)22(29)37)25(31-13)33-19-11-10-18(26)20(27)21(19)28/h10-11,14-17,36H,2-9,12H2,1H3,(H2,29,37)(H,31,33)(H,32,34)/t14-,15-,16+,17+/m1/s1. The van der Waals surface area contributed by atoms with Gasteiger partial charge in [-0.2, -0.15) is 4.99 Å². The summed E-state index contributed by atoms with van der Waals surface area (Å²) < 4.78 is 43.6. The Morgan fingerprint density at radius 2 is 1.89 bits per heavy atom. The number of carbonyl (C=O) groups excluding carboxylic acids is 1. The lowest BCUT2D eigenvalue weighted by atomic mass is 9.85. The number of benzene rings is 1. The molecule has 12 heteroatoms. The number of anilines is 2. The fraction of sp³-hybridized carbons (Fsp3) is 0.520. The minimum absolute atomic E-state index is 0.0236. The Balaban J connectivity index is 1.70. The molecule has 0 bridgehead atoms. The van der Waals surface area contributed by atoms with Gasteiger partial charge in [-0.1, -0.05) is 0 Å². The van der Waals surface area contributed by atoms with Crippen molar-refractivity contribution in [1.82, 2.24) is 14.9 Å². The number of imidazole rings is 1. The highest BCUT2D eigenvalue weighted by molar-refractivity contribution is 5.86. The lowest BCUT2D eigenvalue weighted by Gasteiger charge is -2.30. The molecule has 0 aliphatic heterocycles. The smallest absolute Gasteiger partial charge is 0.224 e. The van der Waals surface area contributed by atoms with E-state index in [4.69, 9.17) is 5.73 Å². The van der Waals surface area contributed by atoms with E-state index in [-0.39, 0.29) is 41.5 Å². The zero-order valence-corrected chi connectivity index (χ0v) is 20.7. The molecule has 0 radical (unpaired) electrons. The lowest BCUT2D eigenvalue weighted by Crippen LogP contribution is -2.39. The number of hydrogen-bond donors (Lipinski definition) is 4. The average Bonchev–Trinajstić information content (AvgIpc) is 3.18. The van der Waals surface area contributed by atoms with Gasteiger partial charge in [0.05, 0.1) is 17.5 Å². The van der Waals surface area contributed by atoms with Gasteiger partial charge < -0.3 is 21.5 Å². The summed E-state index contributed by atoms with van der Waals surface area (Å²) >= 11 is 0. The van der Waals surface area contributed by atoms with Gasteiger partial charge in [0.2, 0.25) is 17.8 Å². The highest BCUT2D eigenvalue weighted by atomic mass is 19.2. The number of carbonyl (C=O) groups is 1. The van der Waals surface area contributed by atoms with Crippen LogP contribution in [-0.2, 0) is 4.79 Å². The Morgan fingerprint density at radius 3 is 2.54 bits per heavy atom. The van der Waals surface area contributed by atoms with Crippen LogP contribution in [0.15, 0.2) is 22.1 Å². The van der Waals surface area contributed by atoms with E-state index >= 15 is 0 Å². The van der Waals surface area contributed by atoms with Crippen molar-refractivity contribution in [2.24, 2.45) is 21.6 Å². The van der Waals surface area contributed by atoms with Gasteiger partial charge >= 0.3 is 0 Å². The van der Waals surface area contributed by atoms with Gasteiger partial charge in [0.1, 0.15) is 0 Å². The quantitative estimate of drug-likeness (QED) is 0.259. The van der Waals surface area contributed by atoms with Crippen molar-refractivity contribution in [3.63, 3.8) is 0 Å². The van der Waals surface area contributed by atoms with Crippen LogP contribution in [0.5, 0.6) is 0 Å². The summed E-state index contributed by atoms with van der Waals surface area (Å²) in [6, 6.07) is 1.74. The van der Waals surface area contributed by atoms with Gasteiger partial charge in [-0.3, -0.25) is 9.36 Å².